The van der Waals surface area contributed by atoms with Crippen molar-refractivity contribution in [3.63, 3.8) is 0 Å². The highest BCUT2D eigenvalue weighted by Gasteiger charge is 2.04. The second-order valence-electron chi connectivity index (χ2n) is 2.58. The number of carbonyl (C=O) groups excluding carboxylic acids is 2. The summed E-state index contributed by atoms with van der Waals surface area (Å²) >= 11 is 0. The normalized spacial score (nSPS) is 9.38. The summed E-state index contributed by atoms with van der Waals surface area (Å²) in [6.45, 7) is 1.31. The van der Waals surface area contributed by atoms with E-state index in [1.807, 2.05) is 6.92 Å². The van der Waals surface area contributed by atoms with Crippen LogP contribution in [0.1, 0.15) is 32.6 Å². The number of carbonyl (C=O) groups is 2. The molecular weight excluding hydrogens is 175 g/mol. The van der Waals surface area contributed by atoms with Crippen LogP contribution in [0.3, 0.4) is 0 Å². The predicted molar refractivity (Wildman–Crippen MR) is 45.4 cm³/mol. The molecule has 0 fully saturated rings. The molecule has 0 aliphatic heterocycles. The third-order valence-electron chi connectivity index (χ3n) is 1.31. The third-order valence-corrected chi connectivity index (χ3v) is 1.31. The molecule has 0 aromatic carbocycles. The summed E-state index contributed by atoms with van der Waals surface area (Å²) in [6, 6.07) is 0. The van der Waals surface area contributed by atoms with Crippen molar-refractivity contribution < 1.29 is 14.0 Å². The van der Waals surface area contributed by atoms with E-state index in [1.54, 1.807) is 0 Å². The van der Waals surface area contributed by atoms with Gasteiger partial charge in [0.15, 0.2) is 0 Å². The minimum absolute atomic E-state index is 0.0689. The van der Waals surface area contributed by atoms with Gasteiger partial charge >= 0.3 is 0 Å². The molecule has 0 rings (SSSR count). The van der Waals surface area contributed by atoms with E-state index in [0.717, 1.165) is 0 Å². The Morgan fingerprint density at radius 1 is 1.38 bits per heavy atom. The van der Waals surface area contributed by atoms with Crippen LogP contribution in [0, 0.1) is 0 Å². The SMILES string of the molecule is CCCC(=O)[N]NC(=O)CCCF. The Labute approximate surface area is 76.9 Å². The van der Waals surface area contributed by atoms with Crippen molar-refractivity contribution in [3.8, 4) is 0 Å². The maximum Gasteiger partial charge on any atom is 0.262 e. The van der Waals surface area contributed by atoms with Crippen molar-refractivity contribution in [1.29, 1.82) is 0 Å². The maximum atomic E-state index is 11.6. The molecule has 0 bridgehead atoms. The topological polar surface area (TPSA) is 60.3 Å². The lowest BCUT2D eigenvalue weighted by atomic mass is 10.3. The van der Waals surface area contributed by atoms with Crippen LogP contribution in [0.15, 0.2) is 0 Å². The quantitative estimate of drug-likeness (QED) is 0.647. The average molecular weight is 189 g/mol. The molecule has 0 heterocycles. The van der Waals surface area contributed by atoms with Crippen molar-refractivity contribution >= 4 is 11.8 Å². The highest BCUT2D eigenvalue weighted by atomic mass is 19.1. The minimum Gasteiger partial charge on any atom is -0.273 e. The Kier molecular flexibility index (Phi) is 6.86. The molecule has 1 N–H and O–H groups in total. The average Bonchev–Trinajstić information content (AvgIpc) is 2.12. The molecule has 0 atom stereocenters. The van der Waals surface area contributed by atoms with Crippen molar-refractivity contribution in [3.05, 3.63) is 0 Å². The lowest BCUT2D eigenvalue weighted by Crippen LogP contribution is -2.35. The first-order valence-electron chi connectivity index (χ1n) is 4.29. The third kappa shape index (κ3) is 7.24. The van der Waals surface area contributed by atoms with Gasteiger partial charge in [0.1, 0.15) is 0 Å². The second kappa shape index (κ2) is 7.52. The summed E-state index contributed by atoms with van der Waals surface area (Å²) in [5.74, 6) is -0.766. The van der Waals surface area contributed by atoms with E-state index in [0.29, 0.717) is 12.8 Å². The predicted octanol–water partition coefficient (Wildman–Crippen LogP) is 0.698. The zero-order valence-electron chi connectivity index (χ0n) is 7.68. The van der Waals surface area contributed by atoms with Gasteiger partial charge in [0.25, 0.3) is 5.91 Å². The zero-order chi connectivity index (χ0) is 10.1. The number of nitrogens with zero attached hydrogens (tertiary/aromatic N) is 1. The van der Waals surface area contributed by atoms with Gasteiger partial charge in [-0.05, 0) is 12.8 Å². The number of alkyl halides is 1. The van der Waals surface area contributed by atoms with Gasteiger partial charge in [-0.2, -0.15) is 0 Å². The van der Waals surface area contributed by atoms with Gasteiger partial charge in [-0.15, -0.1) is 5.43 Å². The minimum atomic E-state index is -0.531. The molecule has 0 unspecified atom stereocenters. The maximum absolute atomic E-state index is 11.6. The fourth-order valence-electron chi connectivity index (χ4n) is 0.678. The van der Waals surface area contributed by atoms with E-state index in [2.05, 4.69) is 10.9 Å². The molecule has 0 aromatic heterocycles. The highest BCUT2D eigenvalue weighted by Crippen LogP contribution is 1.89. The summed E-state index contributed by atoms with van der Waals surface area (Å²) in [7, 11) is 0. The van der Waals surface area contributed by atoms with Gasteiger partial charge in [-0.3, -0.25) is 14.0 Å². The molecule has 0 spiro atoms. The van der Waals surface area contributed by atoms with Gasteiger partial charge < -0.3 is 0 Å². The Bertz CT molecular complexity index is 174. The molecule has 1 radical (unpaired) electrons. The van der Waals surface area contributed by atoms with Crippen molar-refractivity contribution in [2.75, 3.05) is 6.67 Å². The smallest absolute Gasteiger partial charge is 0.262 e. The van der Waals surface area contributed by atoms with Crippen LogP contribution in [0.5, 0.6) is 0 Å². The first-order valence-corrected chi connectivity index (χ1v) is 4.29. The van der Waals surface area contributed by atoms with Crippen LogP contribution in [0.2, 0.25) is 0 Å². The highest BCUT2D eigenvalue weighted by molar-refractivity contribution is 5.81. The molecule has 5 heteroatoms. The Morgan fingerprint density at radius 3 is 2.62 bits per heavy atom. The summed E-state index contributed by atoms with van der Waals surface area (Å²) < 4.78 is 11.6. The van der Waals surface area contributed by atoms with Gasteiger partial charge in [0.2, 0.25) is 5.91 Å². The van der Waals surface area contributed by atoms with Crippen LogP contribution in [-0.2, 0) is 9.59 Å². The fraction of sp³-hybridized carbons (Fsp3) is 0.750. The molecule has 0 aliphatic carbocycles. The molecule has 0 aliphatic rings. The largest absolute Gasteiger partial charge is 0.273 e. The Balaban J connectivity index is 3.40. The Morgan fingerprint density at radius 2 is 2.08 bits per heavy atom. The van der Waals surface area contributed by atoms with E-state index in [4.69, 9.17) is 0 Å². The summed E-state index contributed by atoms with van der Waals surface area (Å²) in [5, 5.41) is 0. The second-order valence-corrected chi connectivity index (χ2v) is 2.58. The first kappa shape index (κ1) is 11.9. The lowest BCUT2D eigenvalue weighted by molar-refractivity contribution is -0.129. The molecular formula is C8H14FN2O2. The first-order chi connectivity index (χ1) is 6.20. The van der Waals surface area contributed by atoms with Gasteiger partial charge in [0.05, 0.1) is 6.67 Å². The fourth-order valence-corrected chi connectivity index (χ4v) is 0.678. The van der Waals surface area contributed by atoms with Gasteiger partial charge in [0, 0.05) is 12.8 Å². The van der Waals surface area contributed by atoms with E-state index >= 15 is 0 Å². The Hall–Kier alpha value is -1.13. The van der Waals surface area contributed by atoms with Crippen LogP contribution < -0.4 is 10.9 Å². The summed E-state index contributed by atoms with van der Waals surface area (Å²) in [5.41, 5.74) is 5.38. The van der Waals surface area contributed by atoms with E-state index in [-0.39, 0.29) is 18.7 Å². The van der Waals surface area contributed by atoms with E-state index < -0.39 is 12.6 Å². The van der Waals surface area contributed by atoms with Crippen molar-refractivity contribution in [1.82, 2.24) is 10.9 Å². The zero-order valence-corrected chi connectivity index (χ0v) is 7.68. The van der Waals surface area contributed by atoms with E-state index in [1.165, 1.54) is 0 Å². The number of hydrogen-bond acceptors (Lipinski definition) is 2. The number of amides is 2. The monoisotopic (exact) mass is 189 g/mol. The number of nitrogens with one attached hydrogen (secondary N) is 1. The number of rotatable bonds is 5. The van der Waals surface area contributed by atoms with E-state index in [9.17, 15) is 14.0 Å². The molecule has 2 amide bonds. The van der Waals surface area contributed by atoms with Crippen LogP contribution >= 0.6 is 0 Å². The molecule has 13 heavy (non-hydrogen) atoms. The molecule has 0 saturated heterocycles. The van der Waals surface area contributed by atoms with Gasteiger partial charge in [-0.1, -0.05) is 6.92 Å². The van der Waals surface area contributed by atoms with Crippen LogP contribution in [0.25, 0.3) is 0 Å². The molecule has 4 nitrogen and oxygen atoms in total. The van der Waals surface area contributed by atoms with Crippen LogP contribution in [-0.4, -0.2) is 18.5 Å². The number of hydrogen-bond donors (Lipinski definition) is 1. The van der Waals surface area contributed by atoms with Crippen LogP contribution in [0.4, 0.5) is 4.39 Å². The summed E-state index contributed by atoms with van der Waals surface area (Å²) in [4.78, 5) is 21.6. The molecule has 0 saturated carbocycles. The lowest BCUT2D eigenvalue weighted by Gasteiger charge is -2.01. The van der Waals surface area contributed by atoms with Crippen molar-refractivity contribution in [2.24, 2.45) is 0 Å². The molecule has 0 aromatic rings. The van der Waals surface area contributed by atoms with Gasteiger partial charge in [-0.25, -0.2) is 5.43 Å². The number of halogens is 1. The van der Waals surface area contributed by atoms with Crippen molar-refractivity contribution in [2.45, 2.75) is 32.6 Å². The molecule has 75 valence electrons. The standard InChI is InChI=1S/C8H14FN2O2/c1-2-4-7(12)10-11-8(13)5-3-6-9/h2-6H2,1H3,(H,11,13). The summed E-state index contributed by atoms with van der Waals surface area (Å²) in [6.07, 6.45) is 1.26.